The molecule has 1 aliphatic heterocycles. The smallest absolute Gasteiger partial charge is 0.0754 e. The Balaban J connectivity index is 0.951. The molecule has 1 aliphatic carbocycles. The van der Waals surface area contributed by atoms with E-state index in [-0.39, 0.29) is 6.04 Å². The molecule has 1 spiro atoms. The van der Waals surface area contributed by atoms with Crippen molar-refractivity contribution in [1.82, 2.24) is 0 Å². The summed E-state index contributed by atoms with van der Waals surface area (Å²) < 4.78 is 0. The van der Waals surface area contributed by atoms with Crippen LogP contribution in [-0.2, 0) is 5.41 Å². The van der Waals surface area contributed by atoms with Gasteiger partial charge in [0.2, 0.25) is 0 Å². The monoisotopic (exact) mass is 740 g/mol. The summed E-state index contributed by atoms with van der Waals surface area (Å²) in [5.41, 5.74) is 27.1. The van der Waals surface area contributed by atoms with Gasteiger partial charge in [0.05, 0.1) is 22.8 Å². The topological polar surface area (TPSA) is 29.3 Å². The van der Waals surface area contributed by atoms with E-state index in [1.54, 1.807) is 0 Å². The van der Waals surface area contributed by atoms with Crippen molar-refractivity contribution in [3.8, 4) is 44.5 Å². The molecule has 58 heavy (non-hydrogen) atoms. The van der Waals surface area contributed by atoms with Gasteiger partial charge >= 0.3 is 0 Å². The van der Waals surface area contributed by atoms with Crippen molar-refractivity contribution < 1.29 is 0 Å². The van der Waals surface area contributed by atoms with Gasteiger partial charge in [-0.2, -0.15) is 0 Å². The van der Waals surface area contributed by atoms with E-state index in [4.69, 9.17) is 5.73 Å². The SMILES string of the molecule is NC(c1ccc(-c2ccccc2)cc1)c1cccc(-c2ccc(-c3ccc4c(c3)-c3ccccc3C43c4ccccc4N(c4ccccc4)c4ccccc43)cc2)c1. The molecule has 0 saturated heterocycles. The summed E-state index contributed by atoms with van der Waals surface area (Å²) in [5, 5.41) is 0. The van der Waals surface area contributed by atoms with Gasteiger partial charge in [-0.15, -0.1) is 0 Å². The van der Waals surface area contributed by atoms with Crippen molar-refractivity contribution in [2.45, 2.75) is 11.5 Å². The summed E-state index contributed by atoms with van der Waals surface area (Å²) in [6.45, 7) is 0. The third-order valence-corrected chi connectivity index (χ3v) is 12.3. The third-order valence-electron chi connectivity index (χ3n) is 12.3. The summed E-state index contributed by atoms with van der Waals surface area (Å²) in [6, 6.07) is 81.4. The molecule has 11 rings (SSSR count). The van der Waals surface area contributed by atoms with E-state index < -0.39 is 5.41 Å². The lowest BCUT2D eigenvalue weighted by Gasteiger charge is -2.45. The maximum Gasteiger partial charge on any atom is 0.0754 e. The summed E-state index contributed by atoms with van der Waals surface area (Å²) in [7, 11) is 0. The highest BCUT2D eigenvalue weighted by Gasteiger charge is 2.51. The average Bonchev–Trinajstić information content (AvgIpc) is 3.59. The number of nitrogens with zero attached hydrogens (tertiary/aromatic N) is 1. The molecule has 0 fully saturated rings. The van der Waals surface area contributed by atoms with Crippen LogP contribution in [0.5, 0.6) is 0 Å². The lowest BCUT2D eigenvalue weighted by Crippen LogP contribution is -2.36. The molecule has 0 aromatic heterocycles. The van der Waals surface area contributed by atoms with Crippen molar-refractivity contribution in [2.75, 3.05) is 4.90 Å². The molecular weight excluding hydrogens is 701 g/mol. The van der Waals surface area contributed by atoms with Crippen molar-refractivity contribution in [3.63, 3.8) is 0 Å². The Bertz CT molecular complexity index is 2900. The van der Waals surface area contributed by atoms with Gasteiger partial charge < -0.3 is 10.6 Å². The molecule has 2 N–H and O–H groups in total. The van der Waals surface area contributed by atoms with Crippen LogP contribution in [0.4, 0.5) is 17.1 Å². The van der Waals surface area contributed by atoms with Crippen molar-refractivity contribution in [3.05, 3.63) is 258 Å². The van der Waals surface area contributed by atoms with Crippen LogP contribution < -0.4 is 10.6 Å². The fourth-order valence-electron chi connectivity index (χ4n) is 9.62. The maximum absolute atomic E-state index is 6.87. The van der Waals surface area contributed by atoms with Crippen molar-refractivity contribution >= 4 is 17.1 Å². The lowest BCUT2D eigenvalue weighted by atomic mass is 9.64. The Kier molecular flexibility index (Phi) is 8.06. The fourth-order valence-corrected chi connectivity index (χ4v) is 9.62. The third kappa shape index (κ3) is 5.30. The van der Waals surface area contributed by atoms with Crippen LogP contribution in [0.15, 0.2) is 224 Å². The average molecular weight is 741 g/mol. The van der Waals surface area contributed by atoms with Crippen molar-refractivity contribution in [2.24, 2.45) is 5.73 Å². The molecule has 9 aromatic carbocycles. The van der Waals surface area contributed by atoms with Crippen LogP contribution in [0.2, 0.25) is 0 Å². The van der Waals surface area contributed by atoms with Gasteiger partial charge in [0.25, 0.3) is 0 Å². The Hall–Kier alpha value is -7.26. The minimum atomic E-state index is -0.456. The minimum absolute atomic E-state index is 0.217. The zero-order valence-electron chi connectivity index (χ0n) is 32.0. The molecule has 1 unspecified atom stereocenters. The van der Waals surface area contributed by atoms with E-state index >= 15 is 0 Å². The van der Waals surface area contributed by atoms with Gasteiger partial charge in [-0.05, 0) is 114 Å². The largest absolute Gasteiger partial charge is 0.320 e. The Labute approximate surface area is 340 Å². The Morgan fingerprint density at radius 1 is 0.328 bits per heavy atom. The molecule has 9 aromatic rings. The first-order valence-corrected chi connectivity index (χ1v) is 20.1. The molecule has 1 heterocycles. The Morgan fingerprint density at radius 3 is 1.47 bits per heavy atom. The number of fused-ring (bicyclic) bond motifs is 9. The summed E-state index contributed by atoms with van der Waals surface area (Å²) >= 11 is 0. The molecule has 2 nitrogen and oxygen atoms in total. The normalized spacial score (nSPS) is 13.6. The molecule has 0 bridgehead atoms. The van der Waals surface area contributed by atoms with E-state index in [1.807, 2.05) is 6.07 Å². The summed E-state index contributed by atoms with van der Waals surface area (Å²) in [5.74, 6) is 0. The highest BCUT2D eigenvalue weighted by molar-refractivity contribution is 5.96. The molecular formula is C56H40N2. The molecule has 2 heteroatoms. The molecule has 0 saturated carbocycles. The Morgan fingerprint density at radius 2 is 0.793 bits per heavy atom. The molecule has 0 amide bonds. The molecule has 274 valence electrons. The van der Waals surface area contributed by atoms with Gasteiger partial charge in [-0.3, -0.25) is 0 Å². The van der Waals surface area contributed by atoms with Crippen LogP contribution in [0.1, 0.15) is 39.4 Å². The minimum Gasteiger partial charge on any atom is -0.320 e. The molecule has 2 aliphatic rings. The first-order valence-electron chi connectivity index (χ1n) is 20.1. The van der Waals surface area contributed by atoms with E-state index in [9.17, 15) is 0 Å². The fraction of sp³-hybridized carbons (Fsp3) is 0.0357. The second-order valence-corrected chi connectivity index (χ2v) is 15.4. The zero-order chi connectivity index (χ0) is 38.6. The van der Waals surface area contributed by atoms with Gasteiger partial charge in [-0.1, -0.05) is 188 Å². The maximum atomic E-state index is 6.87. The second kappa shape index (κ2) is 13.7. The predicted octanol–water partition coefficient (Wildman–Crippen LogP) is 13.9. The van der Waals surface area contributed by atoms with Gasteiger partial charge in [0, 0.05) is 5.69 Å². The second-order valence-electron chi connectivity index (χ2n) is 15.4. The highest BCUT2D eigenvalue weighted by atomic mass is 15.2. The first-order chi connectivity index (χ1) is 28.7. The zero-order valence-corrected chi connectivity index (χ0v) is 32.0. The van der Waals surface area contributed by atoms with E-state index in [0.29, 0.717) is 0 Å². The molecule has 0 radical (unpaired) electrons. The molecule has 1 atom stereocenters. The number of nitrogens with two attached hydrogens (primary N) is 1. The number of benzene rings is 9. The van der Waals surface area contributed by atoms with E-state index in [1.165, 1.54) is 72.6 Å². The summed E-state index contributed by atoms with van der Waals surface area (Å²) in [4.78, 5) is 2.43. The lowest BCUT2D eigenvalue weighted by molar-refractivity contribution is 0.753. The summed E-state index contributed by atoms with van der Waals surface area (Å²) in [6.07, 6.45) is 0. The van der Waals surface area contributed by atoms with Crippen LogP contribution in [0.3, 0.4) is 0 Å². The van der Waals surface area contributed by atoms with Crippen LogP contribution >= 0.6 is 0 Å². The first kappa shape index (κ1) is 34.0. The van der Waals surface area contributed by atoms with Crippen LogP contribution in [0.25, 0.3) is 44.5 Å². The van der Waals surface area contributed by atoms with Crippen molar-refractivity contribution in [1.29, 1.82) is 0 Å². The number of anilines is 3. The number of hydrogen-bond acceptors (Lipinski definition) is 2. The van der Waals surface area contributed by atoms with Gasteiger partial charge in [-0.25, -0.2) is 0 Å². The predicted molar refractivity (Wildman–Crippen MR) is 241 cm³/mol. The quantitative estimate of drug-likeness (QED) is 0.184. The highest BCUT2D eigenvalue weighted by Crippen LogP contribution is 2.63. The van der Waals surface area contributed by atoms with Crippen LogP contribution in [-0.4, -0.2) is 0 Å². The van der Waals surface area contributed by atoms with E-state index in [0.717, 1.165) is 22.4 Å². The van der Waals surface area contributed by atoms with Gasteiger partial charge in [0.1, 0.15) is 0 Å². The van der Waals surface area contributed by atoms with Crippen LogP contribution in [0, 0.1) is 0 Å². The number of rotatable bonds is 6. The number of hydrogen-bond donors (Lipinski definition) is 1. The number of para-hydroxylation sites is 3. The van der Waals surface area contributed by atoms with E-state index in [2.05, 4.69) is 223 Å². The standard InChI is InChI=1S/C56H40N2/c57-55(42-32-30-39(31-33-42)38-14-3-1-4-15-38)45-17-13-16-43(36-45)40-26-28-41(29-27-40)44-34-35-50-48(37-44)47-20-7-8-21-49(47)56(50)51-22-9-11-24-53(51)58(46-18-5-2-6-19-46)54-25-12-10-23-52(54)56/h1-37,55H,57H2. The van der Waals surface area contributed by atoms with Gasteiger partial charge in [0.15, 0.2) is 0 Å².